The minimum Gasteiger partial charge on any atom is -0.313 e. The quantitative estimate of drug-likeness (QED) is 0.195. The maximum Gasteiger partial charge on any atom is 0.162 e. The van der Waals surface area contributed by atoms with E-state index in [0.29, 0.717) is 11.7 Å². The van der Waals surface area contributed by atoms with Crippen LogP contribution < -0.4 is 0 Å². The van der Waals surface area contributed by atoms with E-state index in [1.54, 1.807) is 0 Å². The van der Waals surface area contributed by atoms with Gasteiger partial charge in [0.2, 0.25) is 0 Å². The lowest BCUT2D eigenvalue weighted by atomic mass is 9.88. The van der Waals surface area contributed by atoms with E-state index in [1.807, 2.05) is 24.3 Å². The molecule has 3 heterocycles. The van der Waals surface area contributed by atoms with Crippen LogP contribution in [0.4, 0.5) is 0 Å². The molecule has 47 heavy (non-hydrogen) atoms. The zero-order valence-electron chi connectivity index (χ0n) is 26.3. The van der Waals surface area contributed by atoms with Gasteiger partial charge >= 0.3 is 0 Å². The number of benzene rings is 5. The minimum atomic E-state index is 0.509. The van der Waals surface area contributed by atoms with Gasteiger partial charge in [-0.15, -0.1) is 0 Å². The second kappa shape index (κ2) is 11.3. The van der Waals surface area contributed by atoms with E-state index in [0.717, 1.165) is 45.8 Å². The van der Waals surface area contributed by atoms with Gasteiger partial charge in [-0.1, -0.05) is 116 Å². The molecule has 4 nitrogen and oxygen atoms in total. The van der Waals surface area contributed by atoms with Crippen LogP contribution in [0.1, 0.15) is 36.9 Å². The van der Waals surface area contributed by atoms with Crippen molar-refractivity contribution >= 4 is 21.8 Å². The summed E-state index contributed by atoms with van der Waals surface area (Å²) in [6.07, 6.45) is 3.61. The van der Waals surface area contributed by atoms with Crippen LogP contribution in [-0.2, 0) is 6.42 Å². The molecule has 0 saturated carbocycles. The third-order valence-corrected chi connectivity index (χ3v) is 9.71. The lowest BCUT2D eigenvalue weighted by Crippen LogP contribution is -2.11. The molecule has 0 bridgehead atoms. The lowest BCUT2D eigenvalue weighted by Gasteiger charge is -2.23. The molecule has 4 heteroatoms. The van der Waals surface area contributed by atoms with Crippen LogP contribution >= 0.6 is 0 Å². The Balaban J connectivity index is 1.28. The Morgan fingerprint density at radius 1 is 0.596 bits per heavy atom. The highest BCUT2D eigenvalue weighted by molar-refractivity contribution is 5.91. The van der Waals surface area contributed by atoms with Crippen molar-refractivity contribution in [3.63, 3.8) is 0 Å². The molecular formula is C43H34N4. The van der Waals surface area contributed by atoms with Crippen molar-refractivity contribution in [2.45, 2.75) is 32.1 Å². The largest absolute Gasteiger partial charge is 0.313 e. The number of para-hydroxylation sites is 2. The Kier molecular flexibility index (Phi) is 6.60. The van der Waals surface area contributed by atoms with Crippen LogP contribution in [-0.4, -0.2) is 19.1 Å². The molecule has 0 aliphatic heterocycles. The summed E-state index contributed by atoms with van der Waals surface area (Å²) in [6, 6.07) is 51.6. The number of rotatable bonds is 5. The number of hydrogen-bond donors (Lipinski definition) is 0. The summed E-state index contributed by atoms with van der Waals surface area (Å²) in [6.45, 7) is 2.39. The summed E-state index contributed by atoms with van der Waals surface area (Å²) in [5.41, 5.74) is 11.8. The molecule has 3 aromatic heterocycles. The van der Waals surface area contributed by atoms with Gasteiger partial charge in [0.05, 0.1) is 22.4 Å². The predicted molar refractivity (Wildman–Crippen MR) is 193 cm³/mol. The van der Waals surface area contributed by atoms with Gasteiger partial charge in [-0.25, -0.2) is 9.97 Å². The molecule has 0 radical (unpaired) electrons. The monoisotopic (exact) mass is 606 g/mol. The highest BCUT2D eigenvalue weighted by Crippen LogP contribution is 2.41. The van der Waals surface area contributed by atoms with Gasteiger partial charge in [-0.3, -0.25) is 4.57 Å². The topological polar surface area (TPSA) is 35.6 Å². The van der Waals surface area contributed by atoms with Crippen molar-refractivity contribution in [3.05, 3.63) is 157 Å². The number of aryl methyl sites for hydroxylation is 1. The Labute approximate surface area is 274 Å². The smallest absolute Gasteiger partial charge is 0.162 e. The first-order valence-electron chi connectivity index (χ1n) is 16.6. The molecule has 1 aliphatic carbocycles. The molecule has 0 N–H and O–H groups in total. The Morgan fingerprint density at radius 2 is 1.30 bits per heavy atom. The molecule has 5 aromatic carbocycles. The van der Waals surface area contributed by atoms with Crippen molar-refractivity contribution in [1.29, 1.82) is 0 Å². The predicted octanol–water partition coefficient (Wildman–Crippen LogP) is 10.8. The van der Waals surface area contributed by atoms with Gasteiger partial charge in [0.15, 0.2) is 5.82 Å². The minimum absolute atomic E-state index is 0.509. The number of nitrogens with zero attached hydrogens (tertiary/aromatic N) is 4. The zero-order valence-corrected chi connectivity index (χ0v) is 26.3. The summed E-state index contributed by atoms with van der Waals surface area (Å²) in [5.74, 6) is 2.06. The molecule has 0 amide bonds. The number of hydrogen-bond acceptors (Lipinski definition) is 2. The third kappa shape index (κ3) is 4.68. The van der Waals surface area contributed by atoms with Gasteiger partial charge in [0.25, 0.3) is 0 Å². The first-order chi connectivity index (χ1) is 23.2. The maximum absolute atomic E-state index is 5.24. The normalized spacial score (nSPS) is 14.4. The van der Waals surface area contributed by atoms with E-state index < -0.39 is 0 Å². The molecular weight excluding hydrogens is 573 g/mol. The van der Waals surface area contributed by atoms with Crippen LogP contribution in [0.3, 0.4) is 0 Å². The van der Waals surface area contributed by atoms with Crippen molar-refractivity contribution < 1.29 is 0 Å². The van der Waals surface area contributed by atoms with Crippen molar-refractivity contribution in [2.75, 3.05) is 0 Å². The van der Waals surface area contributed by atoms with Gasteiger partial charge in [-0.2, -0.15) is 0 Å². The fraction of sp³-hybridized carbons (Fsp3) is 0.116. The highest BCUT2D eigenvalue weighted by atomic mass is 15.1. The van der Waals surface area contributed by atoms with E-state index in [1.165, 1.54) is 46.1 Å². The second-order valence-electron chi connectivity index (χ2n) is 12.7. The van der Waals surface area contributed by atoms with Gasteiger partial charge in [0, 0.05) is 44.9 Å². The molecule has 226 valence electrons. The standard InChI is InChI=1S/C43H34N4/c1-29-14-12-23-36-35-22-9-11-25-39(35)46(42(29)36)34-21-13-20-32(26-34)40-27-33-19-8-10-24-38(33)47(40)41-28-37(30-15-4-2-5-16-30)44-43(45-41)31-17-6-3-7-18-31/h2-11,13,15-22,24-29H,12,14,23H2,1H3. The molecule has 1 atom stereocenters. The van der Waals surface area contributed by atoms with E-state index in [9.17, 15) is 0 Å². The third-order valence-electron chi connectivity index (χ3n) is 9.71. The number of aromatic nitrogens is 4. The lowest BCUT2D eigenvalue weighted by molar-refractivity contribution is 0.571. The molecule has 1 unspecified atom stereocenters. The van der Waals surface area contributed by atoms with Crippen molar-refractivity contribution in [3.8, 4) is 45.4 Å². The van der Waals surface area contributed by atoms with Crippen LogP contribution in [0.2, 0.25) is 0 Å². The zero-order chi connectivity index (χ0) is 31.3. The first-order valence-corrected chi connectivity index (χ1v) is 16.6. The summed E-state index contributed by atoms with van der Waals surface area (Å²) in [4.78, 5) is 10.3. The molecule has 8 aromatic rings. The average molecular weight is 607 g/mol. The molecule has 1 aliphatic rings. The van der Waals surface area contributed by atoms with E-state index in [2.05, 4.69) is 137 Å². The van der Waals surface area contributed by atoms with Gasteiger partial charge in [-0.05, 0) is 61.1 Å². The van der Waals surface area contributed by atoms with Crippen LogP contribution in [0, 0.1) is 0 Å². The molecule has 0 spiro atoms. The first kappa shape index (κ1) is 27.6. The number of fused-ring (bicyclic) bond motifs is 4. The van der Waals surface area contributed by atoms with E-state index >= 15 is 0 Å². The summed E-state index contributed by atoms with van der Waals surface area (Å²) in [5, 5.41) is 2.56. The molecule has 0 saturated heterocycles. The van der Waals surface area contributed by atoms with E-state index in [-0.39, 0.29) is 0 Å². The van der Waals surface area contributed by atoms with Gasteiger partial charge in [0.1, 0.15) is 5.82 Å². The second-order valence-corrected chi connectivity index (χ2v) is 12.7. The Bertz CT molecular complexity index is 2340. The molecule has 9 rings (SSSR count). The fourth-order valence-electron chi connectivity index (χ4n) is 7.55. The van der Waals surface area contributed by atoms with Gasteiger partial charge < -0.3 is 4.57 Å². The van der Waals surface area contributed by atoms with Crippen LogP contribution in [0.5, 0.6) is 0 Å². The SMILES string of the molecule is CC1CCCc2c1n(-c1cccc(-c3cc4ccccc4n3-c3cc(-c4ccccc4)nc(-c4ccccc4)n3)c1)c1ccccc21. The van der Waals surface area contributed by atoms with Crippen molar-refractivity contribution in [2.24, 2.45) is 0 Å². The van der Waals surface area contributed by atoms with Crippen LogP contribution in [0.15, 0.2) is 146 Å². The van der Waals surface area contributed by atoms with E-state index in [4.69, 9.17) is 9.97 Å². The summed E-state index contributed by atoms with van der Waals surface area (Å²) >= 11 is 0. The Morgan fingerprint density at radius 3 is 2.13 bits per heavy atom. The summed E-state index contributed by atoms with van der Waals surface area (Å²) < 4.78 is 4.83. The maximum atomic E-state index is 5.24. The Hall–Kier alpha value is -5.74. The van der Waals surface area contributed by atoms with Crippen LogP contribution in [0.25, 0.3) is 67.2 Å². The summed E-state index contributed by atoms with van der Waals surface area (Å²) in [7, 11) is 0. The fourth-order valence-corrected chi connectivity index (χ4v) is 7.55. The van der Waals surface area contributed by atoms with Crippen molar-refractivity contribution in [1.82, 2.24) is 19.1 Å². The highest BCUT2D eigenvalue weighted by Gasteiger charge is 2.26. The average Bonchev–Trinajstić information content (AvgIpc) is 3.70. The molecule has 0 fully saturated rings.